The maximum absolute atomic E-state index is 13.2. The number of H-pyrrole nitrogens is 1. The highest BCUT2D eigenvalue weighted by atomic mass is 19.1. The first-order valence-electron chi connectivity index (χ1n) is 7.61. The Morgan fingerprint density at radius 3 is 3.08 bits per heavy atom. The fourth-order valence-corrected chi connectivity index (χ4v) is 2.74. The zero-order valence-electron chi connectivity index (χ0n) is 13.0. The maximum Gasteiger partial charge on any atom is 0.264 e. The van der Waals surface area contributed by atoms with Crippen molar-refractivity contribution in [2.24, 2.45) is 5.10 Å². The zero-order valence-corrected chi connectivity index (χ0v) is 13.0. The van der Waals surface area contributed by atoms with Crippen LogP contribution in [-0.4, -0.2) is 22.4 Å². The summed E-state index contributed by atoms with van der Waals surface area (Å²) in [6, 6.07) is 10.3. The van der Waals surface area contributed by atoms with E-state index < -0.39 is 6.35 Å². The third kappa shape index (κ3) is 2.76. The third-order valence-electron chi connectivity index (χ3n) is 3.98. The molecule has 122 valence electrons. The summed E-state index contributed by atoms with van der Waals surface area (Å²) >= 11 is 0. The molecule has 1 aliphatic rings. The van der Waals surface area contributed by atoms with Crippen LogP contribution in [0.2, 0.25) is 0 Å². The second-order valence-electron chi connectivity index (χ2n) is 5.65. The summed E-state index contributed by atoms with van der Waals surface area (Å²) in [5.41, 5.74) is 6.70. The van der Waals surface area contributed by atoms with Crippen molar-refractivity contribution in [1.82, 2.24) is 15.6 Å². The number of anilines is 1. The monoisotopic (exact) mass is 325 g/mol. The molecule has 1 atom stereocenters. The Hall–Kier alpha value is -3.09. The Morgan fingerprint density at radius 2 is 2.21 bits per heavy atom. The van der Waals surface area contributed by atoms with Gasteiger partial charge in [0.25, 0.3) is 6.35 Å². The lowest BCUT2D eigenvalue weighted by Crippen LogP contribution is -2.31. The van der Waals surface area contributed by atoms with Crippen LogP contribution in [-0.2, 0) is 11.2 Å². The molecule has 0 saturated carbocycles. The molecule has 6 nitrogen and oxygen atoms in total. The number of halogens is 1. The Kier molecular flexibility index (Phi) is 3.53. The van der Waals surface area contributed by atoms with Gasteiger partial charge in [-0.1, -0.05) is 12.1 Å². The molecule has 0 radical (unpaired) electrons. The fourth-order valence-electron chi connectivity index (χ4n) is 2.74. The van der Waals surface area contributed by atoms with Gasteiger partial charge in [-0.3, -0.25) is 10.5 Å². The minimum Gasteiger partial charge on any atom is -0.436 e. The molecule has 24 heavy (non-hydrogen) atoms. The average Bonchev–Trinajstić information content (AvgIpc) is 3.20. The smallest absolute Gasteiger partial charge is 0.264 e. The number of aromatic amines is 1. The van der Waals surface area contributed by atoms with Crippen molar-refractivity contribution >= 4 is 22.5 Å². The maximum atomic E-state index is 13.2. The van der Waals surface area contributed by atoms with Crippen LogP contribution in [0.3, 0.4) is 0 Å². The molecule has 0 saturated heterocycles. The van der Waals surface area contributed by atoms with Gasteiger partial charge in [0.15, 0.2) is 0 Å². The highest BCUT2D eigenvalue weighted by Crippen LogP contribution is 2.24. The molecule has 1 aromatic heterocycles. The standard InChI is InChI=1S/C17H16FN5O/c1-10-13-9-19-21-15(13)6-5-14(10)20-17-23-22-16(24-17)8-11-3-2-4-12(18)7-11/h2-7,9,17,20,23H,8H2,1H3,(H,19,21). The summed E-state index contributed by atoms with van der Waals surface area (Å²) in [5.74, 6) is 0.248. The van der Waals surface area contributed by atoms with Crippen LogP contribution in [0, 0.1) is 12.7 Å². The van der Waals surface area contributed by atoms with E-state index in [2.05, 4.69) is 26.0 Å². The zero-order chi connectivity index (χ0) is 16.5. The summed E-state index contributed by atoms with van der Waals surface area (Å²) in [6.07, 6.45) is 1.77. The highest BCUT2D eigenvalue weighted by molar-refractivity contribution is 5.86. The van der Waals surface area contributed by atoms with E-state index in [9.17, 15) is 4.39 Å². The topological polar surface area (TPSA) is 74.3 Å². The minimum atomic E-state index is -0.461. The van der Waals surface area contributed by atoms with Gasteiger partial charge in [0.1, 0.15) is 5.82 Å². The van der Waals surface area contributed by atoms with Crippen molar-refractivity contribution in [1.29, 1.82) is 0 Å². The Bertz CT molecular complexity index is 920. The second kappa shape index (κ2) is 5.84. The molecule has 4 rings (SSSR count). The lowest BCUT2D eigenvalue weighted by Gasteiger charge is -2.16. The van der Waals surface area contributed by atoms with Gasteiger partial charge in [-0.2, -0.15) is 5.10 Å². The minimum absolute atomic E-state index is 0.266. The van der Waals surface area contributed by atoms with E-state index in [0.29, 0.717) is 12.3 Å². The first kappa shape index (κ1) is 14.5. The first-order chi connectivity index (χ1) is 11.7. The number of fused-ring (bicyclic) bond motifs is 1. The molecule has 0 fully saturated rings. The lowest BCUT2D eigenvalue weighted by molar-refractivity contribution is 0.213. The van der Waals surface area contributed by atoms with Crippen LogP contribution in [0.5, 0.6) is 0 Å². The summed E-state index contributed by atoms with van der Waals surface area (Å²) in [5, 5.41) is 15.5. The summed E-state index contributed by atoms with van der Waals surface area (Å²) in [6.45, 7) is 2.02. The van der Waals surface area contributed by atoms with Crippen molar-refractivity contribution in [3.05, 3.63) is 59.5 Å². The number of rotatable bonds is 4. The number of aryl methyl sites for hydroxylation is 1. The van der Waals surface area contributed by atoms with Gasteiger partial charge < -0.3 is 10.1 Å². The van der Waals surface area contributed by atoms with Gasteiger partial charge >= 0.3 is 0 Å². The molecule has 1 aliphatic heterocycles. The Balaban J connectivity index is 1.43. The van der Waals surface area contributed by atoms with Crippen molar-refractivity contribution in [3.8, 4) is 0 Å². The predicted molar refractivity (Wildman–Crippen MR) is 90.0 cm³/mol. The van der Waals surface area contributed by atoms with Gasteiger partial charge in [0, 0.05) is 11.1 Å². The van der Waals surface area contributed by atoms with E-state index in [0.717, 1.165) is 27.7 Å². The number of hydrogen-bond donors (Lipinski definition) is 3. The van der Waals surface area contributed by atoms with Crippen molar-refractivity contribution < 1.29 is 9.13 Å². The quantitative estimate of drug-likeness (QED) is 0.689. The van der Waals surface area contributed by atoms with Crippen molar-refractivity contribution in [2.75, 3.05) is 5.32 Å². The molecule has 3 N–H and O–H groups in total. The largest absolute Gasteiger partial charge is 0.436 e. The molecule has 1 unspecified atom stereocenters. The van der Waals surface area contributed by atoms with Crippen LogP contribution in [0.25, 0.3) is 10.9 Å². The molecular formula is C17H16FN5O. The number of nitrogens with zero attached hydrogens (tertiary/aromatic N) is 2. The molecule has 0 spiro atoms. The van der Waals surface area contributed by atoms with E-state index in [4.69, 9.17) is 4.74 Å². The normalized spacial score (nSPS) is 16.6. The predicted octanol–water partition coefficient (Wildman–Crippen LogP) is 2.88. The SMILES string of the molecule is Cc1c(NC2NN=C(Cc3cccc(F)c3)O2)ccc2[nH]ncc12. The summed E-state index contributed by atoms with van der Waals surface area (Å²) in [4.78, 5) is 0. The van der Waals surface area contributed by atoms with Gasteiger partial charge in [-0.15, -0.1) is 5.10 Å². The van der Waals surface area contributed by atoms with Crippen LogP contribution in [0.15, 0.2) is 47.7 Å². The van der Waals surface area contributed by atoms with Crippen LogP contribution in [0.4, 0.5) is 10.1 Å². The average molecular weight is 325 g/mol. The van der Waals surface area contributed by atoms with Gasteiger partial charge in [-0.05, 0) is 42.3 Å². The van der Waals surface area contributed by atoms with E-state index in [1.807, 2.05) is 25.1 Å². The number of nitrogens with one attached hydrogen (secondary N) is 3. The molecule has 7 heteroatoms. The fraction of sp³-hybridized carbons (Fsp3) is 0.176. The molecule has 0 aliphatic carbocycles. The molecule has 0 bridgehead atoms. The van der Waals surface area contributed by atoms with Crippen molar-refractivity contribution in [3.63, 3.8) is 0 Å². The van der Waals surface area contributed by atoms with E-state index in [1.54, 1.807) is 12.3 Å². The second-order valence-corrected chi connectivity index (χ2v) is 5.65. The number of benzene rings is 2. The number of aromatic nitrogens is 2. The number of hydrazone groups is 1. The molecule has 0 amide bonds. The van der Waals surface area contributed by atoms with Gasteiger partial charge in [-0.25, -0.2) is 4.39 Å². The lowest BCUT2D eigenvalue weighted by atomic mass is 10.1. The first-order valence-corrected chi connectivity index (χ1v) is 7.61. The highest BCUT2D eigenvalue weighted by Gasteiger charge is 2.20. The van der Waals surface area contributed by atoms with Crippen molar-refractivity contribution in [2.45, 2.75) is 19.7 Å². The number of ether oxygens (including phenoxy) is 1. The summed E-state index contributed by atoms with van der Waals surface area (Å²) in [7, 11) is 0. The molecule has 3 aromatic rings. The van der Waals surface area contributed by atoms with Crippen LogP contribution >= 0.6 is 0 Å². The van der Waals surface area contributed by atoms with E-state index >= 15 is 0 Å². The molecule has 2 aromatic carbocycles. The third-order valence-corrected chi connectivity index (χ3v) is 3.98. The van der Waals surface area contributed by atoms with Crippen LogP contribution in [0.1, 0.15) is 11.1 Å². The molecular weight excluding hydrogens is 309 g/mol. The molecule has 2 heterocycles. The number of hydrogen-bond acceptors (Lipinski definition) is 5. The summed E-state index contributed by atoms with van der Waals surface area (Å²) < 4.78 is 19.0. The Morgan fingerprint density at radius 1 is 1.29 bits per heavy atom. The van der Waals surface area contributed by atoms with Crippen LogP contribution < -0.4 is 10.7 Å². The van der Waals surface area contributed by atoms with E-state index in [-0.39, 0.29) is 5.82 Å². The Labute approximate surface area is 137 Å². The van der Waals surface area contributed by atoms with E-state index in [1.165, 1.54) is 12.1 Å². The van der Waals surface area contributed by atoms with Gasteiger partial charge in [0.05, 0.1) is 18.1 Å². The van der Waals surface area contributed by atoms with Gasteiger partial charge in [0.2, 0.25) is 5.90 Å².